The molecule has 7 nitrogen and oxygen atoms in total. The Balaban J connectivity index is 1.73. The summed E-state index contributed by atoms with van der Waals surface area (Å²) in [6, 6.07) is 5.46. The van der Waals surface area contributed by atoms with Gasteiger partial charge >= 0.3 is 0 Å². The fourth-order valence-electron chi connectivity index (χ4n) is 2.80. The Morgan fingerprint density at radius 2 is 1.91 bits per heavy atom. The number of rotatable bonds is 3. The zero-order chi connectivity index (χ0) is 16.6. The van der Waals surface area contributed by atoms with Crippen LogP contribution in [0.2, 0.25) is 0 Å². The van der Waals surface area contributed by atoms with Gasteiger partial charge in [0.15, 0.2) is 0 Å². The molecule has 0 saturated carbocycles. The zero-order valence-electron chi connectivity index (χ0n) is 13.3. The Morgan fingerprint density at radius 1 is 1.22 bits per heavy atom. The summed E-state index contributed by atoms with van der Waals surface area (Å²) in [6.45, 7) is 3.17. The number of hydrogen-bond donors (Lipinski definition) is 0. The van der Waals surface area contributed by atoms with Crippen LogP contribution in [0.15, 0.2) is 24.5 Å². The molecule has 1 aliphatic heterocycles. The van der Waals surface area contributed by atoms with Gasteiger partial charge in [-0.2, -0.15) is 4.31 Å². The lowest BCUT2D eigenvalue weighted by Crippen LogP contribution is -2.50. The predicted octanol–water partition coefficient (Wildman–Crippen LogP) is 0.681. The van der Waals surface area contributed by atoms with Crippen LogP contribution in [0.5, 0.6) is 0 Å². The van der Waals surface area contributed by atoms with Gasteiger partial charge in [0.2, 0.25) is 10.0 Å². The average Bonchev–Trinajstić information content (AvgIpc) is 2.95. The maximum absolute atomic E-state index is 12.6. The van der Waals surface area contributed by atoms with Crippen LogP contribution in [0.1, 0.15) is 17.3 Å². The van der Waals surface area contributed by atoms with Crippen molar-refractivity contribution in [2.45, 2.75) is 6.92 Å². The highest BCUT2D eigenvalue weighted by Gasteiger charge is 2.28. The van der Waals surface area contributed by atoms with Crippen molar-refractivity contribution in [3.8, 4) is 0 Å². The van der Waals surface area contributed by atoms with E-state index in [0.717, 1.165) is 11.0 Å². The van der Waals surface area contributed by atoms with Gasteiger partial charge in [0.25, 0.3) is 5.91 Å². The molecule has 0 N–H and O–H groups in total. The smallest absolute Gasteiger partial charge is 0.254 e. The molecule has 1 aliphatic rings. The minimum Gasteiger partial charge on any atom is -0.336 e. The highest BCUT2D eigenvalue weighted by atomic mass is 32.2. The lowest BCUT2D eigenvalue weighted by molar-refractivity contribution is 0.0698. The van der Waals surface area contributed by atoms with Crippen molar-refractivity contribution in [3.05, 3.63) is 30.1 Å². The number of carbonyl (C=O) groups excluding carboxylic acids is 1. The number of nitrogens with zero attached hydrogens (tertiary/aromatic N) is 4. The number of amides is 1. The molecule has 1 fully saturated rings. The molecule has 3 rings (SSSR count). The lowest BCUT2D eigenvalue weighted by Gasteiger charge is -2.33. The quantitative estimate of drug-likeness (QED) is 0.826. The third-order valence-corrected chi connectivity index (χ3v) is 6.14. The van der Waals surface area contributed by atoms with Crippen molar-refractivity contribution in [2.75, 3.05) is 31.9 Å². The molecule has 1 aromatic carbocycles. The number of piperazine rings is 1. The summed E-state index contributed by atoms with van der Waals surface area (Å²) in [5, 5.41) is 0. The van der Waals surface area contributed by atoms with E-state index < -0.39 is 10.0 Å². The Bertz CT molecular complexity index is 836. The number of hydrogen-bond acceptors (Lipinski definition) is 4. The summed E-state index contributed by atoms with van der Waals surface area (Å²) in [5.41, 5.74) is 2.34. The molecular weight excluding hydrogens is 316 g/mol. The lowest BCUT2D eigenvalue weighted by atomic mass is 10.1. The number of fused-ring (bicyclic) bond motifs is 1. The van der Waals surface area contributed by atoms with E-state index in [1.807, 2.05) is 17.7 Å². The van der Waals surface area contributed by atoms with Gasteiger partial charge in [0.1, 0.15) is 0 Å². The molecule has 0 atom stereocenters. The molecule has 0 unspecified atom stereocenters. The highest BCUT2D eigenvalue weighted by molar-refractivity contribution is 7.89. The molecule has 8 heteroatoms. The summed E-state index contributed by atoms with van der Waals surface area (Å²) >= 11 is 0. The fourth-order valence-corrected chi connectivity index (χ4v) is 3.89. The maximum atomic E-state index is 12.6. The van der Waals surface area contributed by atoms with E-state index in [9.17, 15) is 13.2 Å². The maximum Gasteiger partial charge on any atom is 0.254 e. The number of sulfonamides is 1. The average molecular weight is 336 g/mol. The minimum absolute atomic E-state index is 0.0777. The first kappa shape index (κ1) is 15.9. The molecule has 1 saturated heterocycles. The fraction of sp³-hybridized carbons (Fsp3) is 0.467. The van der Waals surface area contributed by atoms with Crippen LogP contribution >= 0.6 is 0 Å². The summed E-state index contributed by atoms with van der Waals surface area (Å²) in [6.07, 6.45) is 1.72. The van der Waals surface area contributed by atoms with Crippen molar-refractivity contribution in [2.24, 2.45) is 7.05 Å². The molecule has 0 aliphatic carbocycles. The number of aryl methyl sites for hydroxylation is 1. The van der Waals surface area contributed by atoms with Crippen LogP contribution in [0.4, 0.5) is 0 Å². The first-order valence-corrected chi connectivity index (χ1v) is 9.21. The molecule has 1 amide bonds. The van der Waals surface area contributed by atoms with Crippen LogP contribution in [-0.4, -0.2) is 65.0 Å². The Hall–Kier alpha value is -1.93. The van der Waals surface area contributed by atoms with Gasteiger partial charge in [-0.3, -0.25) is 4.79 Å². The van der Waals surface area contributed by atoms with Crippen LogP contribution in [0, 0.1) is 0 Å². The van der Waals surface area contributed by atoms with Crippen LogP contribution < -0.4 is 0 Å². The van der Waals surface area contributed by atoms with E-state index in [1.165, 1.54) is 4.31 Å². The third kappa shape index (κ3) is 2.96. The molecule has 0 radical (unpaired) electrons. The minimum atomic E-state index is -3.18. The van der Waals surface area contributed by atoms with E-state index in [-0.39, 0.29) is 11.7 Å². The van der Waals surface area contributed by atoms with Crippen LogP contribution in [-0.2, 0) is 17.1 Å². The number of carbonyl (C=O) groups is 1. The monoisotopic (exact) mass is 336 g/mol. The van der Waals surface area contributed by atoms with Crippen LogP contribution in [0.25, 0.3) is 11.0 Å². The van der Waals surface area contributed by atoms with Gasteiger partial charge in [0, 0.05) is 38.8 Å². The second kappa shape index (κ2) is 5.93. The van der Waals surface area contributed by atoms with Gasteiger partial charge in [-0.15, -0.1) is 0 Å². The molecule has 2 heterocycles. The summed E-state index contributed by atoms with van der Waals surface area (Å²) in [4.78, 5) is 18.6. The predicted molar refractivity (Wildman–Crippen MR) is 87.7 cm³/mol. The second-order valence-electron chi connectivity index (χ2n) is 5.65. The Morgan fingerprint density at radius 3 is 2.57 bits per heavy atom. The van der Waals surface area contributed by atoms with E-state index in [1.54, 1.807) is 30.3 Å². The van der Waals surface area contributed by atoms with Gasteiger partial charge in [0.05, 0.1) is 23.1 Å². The number of benzene rings is 1. The molecular formula is C15H20N4O3S. The normalized spacial score (nSPS) is 16.9. The first-order chi connectivity index (χ1) is 10.9. The second-order valence-corrected chi connectivity index (χ2v) is 7.91. The molecule has 23 heavy (non-hydrogen) atoms. The topological polar surface area (TPSA) is 75.5 Å². The molecule has 124 valence electrons. The van der Waals surface area contributed by atoms with Gasteiger partial charge in [-0.1, -0.05) is 0 Å². The van der Waals surface area contributed by atoms with Crippen molar-refractivity contribution >= 4 is 27.0 Å². The van der Waals surface area contributed by atoms with Crippen molar-refractivity contribution in [1.82, 2.24) is 18.8 Å². The van der Waals surface area contributed by atoms with Gasteiger partial charge in [-0.05, 0) is 25.1 Å². The first-order valence-electron chi connectivity index (χ1n) is 7.60. The van der Waals surface area contributed by atoms with E-state index in [2.05, 4.69) is 4.98 Å². The molecule has 0 bridgehead atoms. The molecule has 2 aromatic rings. The number of imidazole rings is 1. The Kier molecular flexibility index (Phi) is 4.11. The summed E-state index contributed by atoms with van der Waals surface area (Å²) < 4.78 is 27.1. The standard InChI is InChI=1S/C15H20N4O3S/c1-3-23(21,22)19-8-6-18(7-9-19)15(20)12-4-5-14-13(10-12)16-11-17(14)2/h4-5,10-11H,3,6-9H2,1-2H3. The molecule has 0 spiro atoms. The van der Waals surface area contributed by atoms with Crippen LogP contribution in [0.3, 0.4) is 0 Å². The summed E-state index contributed by atoms with van der Waals surface area (Å²) in [5.74, 6) is 0.0168. The van der Waals surface area contributed by atoms with Gasteiger partial charge < -0.3 is 9.47 Å². The van der Waals surface area contributed by atoms with E-state index >= 15 is 0 Å². The molecule has 1 aromatic heterocycles. The highest BCUT2D eigenvalue weighted by Crippen LogP contribution is 2.17. The van der Waals surface area contributed by atoms with Crippen molar-refractivity contribution in [1.29, 1.82) is 0 Å². The van der Waals surface area contributed by atoms with Crippen molar-refractivity contribution < 1.29 is 13.2 Å². The van der Waals surface area contributed by atoms with Gasteiger partial charge in [-0.25, -0.2) is 13.4 Å². The Labute approximate surface area is 135 Å². The third-order valence-electron chi connectivity index (χ3n) is 4.26. The SMILES string of the molecule is CCS(=O)(=O)N1CCN(C(=O)c2ccc3c(c2)ncn3C)CC1. The largest absolute Gasteiger partial charge is 0.336 e. The van der Waals surface area contributed by atoms with E-state index in [4.69, 9.17) is 0 Å². The summed E-state index contributed by atoms with van der Waals surface area (Å²) in [7, 11) is -1.27. The zero-order valence-corrected chi connectivity index (χ0v) is 14.1. The van der Waals surface area contributed by atoms with E-state index in [0.29, 0.717) is 31.7 Å². The van der Waals surface area contributed by atoms with Crippen molar-refractivity contribution in [3.63, 3.8) is 0 Å². The number of aromatic nitrogens is 2.